The van der Waals surface area contributed by atoms with Gasteiger partial charge in [0.25, 0.3) is 0 Å². The van der Waals surface area contributed by atoms with Crippen LogP contribution >= 0.6 is 0 Å². The minimum atomic E-state index is -4.54. The maximum absolute atomic E-state index is 13.2. The van der Waals surface area contributed by atoms with E-state index in [4.69, 9.17) is 9.47 Å². The van der Waals surface area contributed by atoms with E-state index in [1.54, 1.807) is 26.6 Å². The first-order valence-electron chi connectivity index (χ1n) is 12.2. The molecule has 5 aromatic rings. The number of nitrogens with one attached hydrogen (secondary N) is 1. The number of rotatable bonds is 8. The van der Waals surface area contributed by atoms with Gasteiger partial charge >= 0.3 is 6.18 Å². The van der Waals surface area contributed by atoms with E-state index in [-0.39, 0.29) is 11.9 Å². The summed E-state index contributed by atoms with van der Waals surface area (Å²) in [5, 5.41) is 8.58. The number of benzene rings is 2. The standard InChI is InChI=1S/C29H26F3N5O2/c1-18(34-16-21-9-10-24(38-2)13-26(21)39-3)22-11-23(15-33-14-22)19-7-8-20-17-35-37(25(20)12-19)28-6-4-5-27(36-28)29(30,31)32/h4-15,17-18,34H,16H2,1-3H3. The van der Waals surface area contributed by atoms with E-state index in [1.807, 2.05) is 55.6 Å². The Balaban J connectivity index is 1.40. The van der Waals surface area contributed by atoms with E-state index in [0.29, 0.717) is 12.1 Å². The summed E-state index contributed by atoms with van der Waals surface area (Å²) >= 11 is 0. The quantitative estimate of drug-likeness (QED) is 0.250. The number of ether oxygens (including phenoxy) is 2. The third kappa shape index (κ3) is 5.56. The summed E-state index contributed by atoms with van der Waals surface area (Å²) in [7, 11) is 3.24. The predicted molar refractivity (Wildman–Crippen MR) is 142 cm³/mol. The Morgan fingerprint density at radius 3 is 2.54 bits per heavy atom. The van der Waals surface area contributed by atoms with Crippen LogP contribution in [0.15, 0.2) is 79.3 Å². The summed E-state index contributed by atoms with van der Waals surface area (Å²) in [6, 6.07) is 17.2. The smallest absolute Gasteiger partial charge is 0.433 e. The zero-order valence-corrected chi connectivity index (χ0v) is 21.5. The molecule has 1 N–H and O–H groups in total. The first-order valence-corrected chi connectivity index (χ1v) is 12.2. The fourth-order valence-electron chi connectivity index (χ4n) is 4.31. The summed E-state index contributed by atoms with van der Waals surface area (Å²) in [5.74, 6) is 1.56. The number of aromatic nitrogens is 4. The molecule has 3 aromatic heterocycles. The predicted octanol–water partition coefficient (Wildman–Crippen LogP) is 6.37. The molecule has 0 saturated heterocycles. The van der Waals surface area contributed by atoms with Gasteiger partial charge in [-0.3, -0.25) is 4.98 Å². The van der Waals surface area contributed by atoms with Crippen molar-refractivity contribution < 1.29 is 22.6 Å². The molecule has 1 unspecified atom stereocenters. The van der Waals surface area contributed by atoms with E-state index in [0.717, 1.165) is 45.2 Å². The minimum Gasteiger partial charge on any atom is -0.497 e. The van der Waals surface area contributed by atoms with E-state index in [9.17, 15) is 13.2 Å². The van der Waals surface area contributed by atoms with E-state index < -0.39 is 11.9 Å². The van der Waals surface area contributed by atoms with E-state index in [1.165, 1.54) is 16.8 Å². The van der Waals surface area contributed by atoms with Crippen LogP contribution in [0.5, 0.6) is 11.5 Å². The van der Waals surface area contributed by atoms with Crippen LogP contribution in [0.2, 0.25) is 0 Å². The van der Waals surface area contributed by atoms with Crippen molar-refractivity contribution in [1.29, 1.82) is 0 Å². The number of alkyl halides is 3. The van der Waals surface area contributed by atoms with Crippen LogP contribution in [-0.2, 0) is 12.7 Å². The molecule has 39 heavy (non-hydrogen) atoms. The molecule has 0 amide bonds. The van der Waals surface area contributed by atoms with Crippen molar-refractivity contribution in [1.82, 2.24) is 25.1 Å². The lowest BCUT2D eigenvalue weighted by atomic mass is 10.0. The Labute approximate surface area is 223 Å². The molecule has 200 valence electrons. The Morgan fingerprint density at radius 1 is 0.923 bits per heavy atom. The van der Waals surface area contributed by atoms with Crippen molar-refractivity contribution in [3.63, 3.8) is 0 Å². The minimum absolute atomic E-state index is 0.0205. The molecule has 0 bridgehead atoms. The third-order valence-corrected chi connectivity index (χ3v) is 6.50. The second-order valence-corrected chi connectivity index (χ2v) is 9.00. The van der Waals surface area contributed by atoms with Crippen molar-refractivity contribution in [3.8, 4) is 28.4 Å². The lowest BCUT2D eigenvalue weighted by Crippen LogP contribution is -2.18. The molecule has 5 rings (SSSR count). The van der Waals surface area contributed by atoms with Crippen LogP contribution in [0.3, 0.4) is 0 Å². The summed E-state index contributed by atoms with van der Waals surface area (Å²) in [4.78, 5) is 8.22. The first-order chi connectivity index (χ1) is 18.8. The van der Waals surface area contributed by atoms with Gasteiger partial charge in [-0.2, -0.15) is 18.3 Å². The molecular weight excluding hydrogens is 507 g/mol. The molecule has 0 aliphatic rings. The van der Waals surface area contributed by atoms with E-state index in [2.05, 4.69) is 20.4 Å². The number of nitrogens with zero attached hydrogens (tertiary/aromatic N) is 4. The van der Waals surface area contributed by atoms with Crippen LogP contribution in [0, 0.1) is 0 Å². The first kappa shape index (κ1) is 26.2. The second-order valence-electron chi connectivity index (χ2n) is 9.00. The Hall–Kier alpha value is -4.44. The topological polar surface area (TPSA) is 74.1 Å². The average Bonchev–Trinajstić information content (AvgIpc) is 3.39. The molecular formula is C29H26F3N5O2. The summed E-state index contributed by atoms with van der Waals surface area (Å²) in [6.45, 7) is 2.63. The normalized spacial score (nSPS) is 12.5. The number of halogens is 3. The molecule has 10 heteroatoms. The zero-order chi connectivity index (χ0) is 27.6. The lowest BCUT2D eigenvalue weighted by Gasteiger charge is -2.17. The highest BCUT2D eigenvalue weighted by Gasteiger charge is 2.32. The summed E-state index contributed by atoms with van der Waals surface area (Å²) in [5.41, 5.74) is 3.38. The van der Waals surface area contributed by atoms with Crippen molar-refractivity contribution in [2.75, 3.05) is 14.2 Å². The number of hydrogen-bond acceptors (Lipinski definition) is 6. The second kappa shape index (κ2) is 10.7. The van der Waals surface area contributed by atoms with Crippen LogP contribution in [-0.4, -0.2) is 34.0 Å². The van der Waals surface area contributed by atoms with Gasteiger partial charge in [0.2, 0.25) is 0 Å². The fraction of sp³-hybridized carbons (Fsp3) is 0.207. The molecule has 1 atom stereocenters. The monoisotopic (exact) mass is 533 g/mol. The van der Waals surface area contributed by atoms with Gasteiger partial charge in [0.15, 0.2) is 5.82 Å². The van der Waals surface area contributed by atoms with E-state index >= 15 is 0 Å². The number of methoxy groups -OCH3 is 2. The Kier molecular flexibility index (Phi) is 7.21. The highest BCUT2D eigenvalue weighted by atomic mass is 19.4. The molecule has 0 spiro atoms. The van der Waals surface area contributed by atoms with Crippen LogP contribution < -0.4 is 14.8 Å². The number of pyridine rings is 2. The van der Waals surface area contributed by atoms with Crippen molar-refractivity contribution in [2.24, 2.45) is 0 Å². The molecule has 0 aliphatic heterocycles. The van der Waals surface area contributed by atoms with Gasteiger partial charge in [-0.15, -0.1) is 0 Å². The zero-order valence-electron chi connectivity index (χ0n) is 21.5. The SMILES string of the molecule is COc1ccc(CNC(C)c2cncc(-c3ccc4cnn(-c5cccc(C(F)(F)F)n5)c4c3)c2)c(OC)c1. The number of hydrogen-bond donors (Lipinski definition) is 1. The van der Waals surface area contributed by atoms with Crippen LogP contribution in [0.4, 0.5) is 13.2 Å². The van der Waals surface area contributed by atoms with Crippen LogP contribution in [0.25, 0.3) is 27.8 Å². The molecule has 3 heterocycles. The van der Waals surface area contributed by atoms with Gasteiger partial charge < -0.3 is 14.8 Å². The van der Waals surface area contributed by atoms with Gasteiger partial charge in [-0.05, 0) is 48.4 Å². The molecule has 0 saturated carbocycles. The Morgan fingerprint density at radius 2 is 1.77 bits per heavy atom. The molecule has 0 fully saturated rings. The molecule has 2 aromatic carbocycles. The van der Waals surface area contributed by atoms with Gasteiger partial charge in [0.05, 0.1) is 25.9 Å². The summed E-state index contributed by atoms with van der Waals surface area (Å²) < 4.78 is 51.8. The van der Waals surface area contributed by atoms with Gasteiger partial charge in [-0.1, -0.05) is 24.3 Å². The van der Waals surface area contributed by atoms with Crippen molar-refractivity contribution >= 4 is 10.9 Å². The molecule has 0 aliphatic carbocycles. The van der Waals surface area contributed by atoms with Gasteiger partial charge in [-0.25, -0.2) is 9.67 Å². The maximum atomic E-state index is 13.2. The highest BCUT2D eigenvalue weighted by Crippen LogP contribution is 2.30. The molecule has 0 radical (unpaired) electrons. The average molecular weight is 534 g/mol. The summed E-state index contributed by atoms with van der Waals surface area (Å²) in [6.07, 6.45) is 0.628. The van der Waals surface area contributed by atoms with Crippen molar-refractivity contribution in [3.05, 3.63) is 96.1 Å². The third-order valence-electron chi connectivity index (χ3n) is 6.50. The molecule has 7 nitrogen and oxygen atoms in total. The largest absolute Gasteiger partial charge is 0.497 e. The van der Waals surface area contributed by atoms with Crippen LogP contribution in [0.1, 0.15) is 29.8 Å². The van der Waals surface area contributed by atoms with Crippen molar-refractivity contribution in [2.45, 2.75) is 25.7 Å². The van der Waals surface area contributed by atoms with Gasteiger partial charge in [0.1, 0.15) is 17.2 Å². The Bertz CT molecular complexity index is 1620. The fourth-order valence-corrected chi connectivity index (χ4v) is 4.31. The lowest BCUT2D eigenvalue weighted by molar-refractivity contribution is -0.141. The maximum Gasteiger partial charge on any atom is 0.433 e. The highest BCUT2D eigenvalue weighted by molar-refractivity contribution is 5.85. The number of fused-ring (bicyclic) bond motifs is 1. The van der Waals surface area contributed by atoms with Gasteiger partial charge in [0, 0.05) is 47.6 Å².